The Bertz CT molecular complexity index is 1290. The van der Waals surface area contributed by atoms with Crippen molar-refractivity contribution in [2.45, 2.75) is 18.8 Å². The molecule has 0 spiro atoms. The standard InChI is InChI=1S/C23H21N5S/c1-2-21(29-11-1)23-17-13-20(26-18(17)7-10-25-23)22-16-12-15(3-4-19(16)27-28-22)14-5-8-24-9-6-14/h1-4,7,10-14,24,26H,5-6,8-9H2,(H,27,28). The van der Waals surface area contributed by atoms with Crippen molar-refractivity contribution in [1.82, 2.24) is 25.5 Å². The lowest BCUT2D eigenvalue weighted by molar-refractivity contribution is 0.460. The molecule has 5 heterocycles. The van der Waals surface area contributed by atoms with E-state index in [1.165, 1.54) is 28.7 Å². The first-order valence-electron chi connectivity index (χ1n) is 10.1. The van der Waals surface area contributed by atoms with E-state index in [1.807, 2.05) is 12.3 Å². The van der Waals surface area contributed by atoms with E-state index < -0.39 is 0 Å². The van der Waals surface area contributed by atoms with E-state index in [1.54, 1.807) is 11.3 Å². The number of fused-ring (bicyclic) bond motifs is 2. The number of aromatic amines is 2. The summed E-state index contributed by atoms with van der Waals surface area (Å²) >= 11 is 1.71. The molecule has 6 rings (SSSR count). The molecule has 6 heteroatoms. The average molecular weight is 400 g/mol. The molecule has 0 aliphatic carbocycles. The lowest BCUT2D eigenvalue weighted by Gasteiger charge is -2.23. The Morgan fingerprint density at radius 2 is 1.83 bits per heavy atom. The number of pyridine rings is 1. The van der Waals surface area contributed by atoms with Gasteiger partial charge in [0.05, 0.1) is 21.8 Å². The summed E-state index contributed by atoms with van der Waals surface area (Å²) in [7, 11) is 0. The summed E-state index contributed by atoms with van der Waals surface area (Å²) in [6, 6.07) is 15.2. The van der Waals surface area contributed by atoms with Crippen LogP contribution in [0, 0.1) is 0 Å². The molecule has 29 heavy (non-hydrogen) atoms. The molecular weight excluding hydrogens is 378 g/mol. The molecule has 4 aromatic heterocycles. The van der Waals surface area contributed by atoms with Crippen LogP contribution < -0.4 is 5.32 Å². The van der Waals surface area contributed by atoms with Gasteiger partial charge in [0, 0.05) is 22.5 Å². The maximum absolute atomic E-state index is 4.65. The average Bonchev–Trinajstić information content (AvgIpc) is 3.52. The van der Waals surface area contributed by atoms with E-state index in [4.69, 9.17) is 0 Å². The van der Waals surface area contributed by atoms with Crippen LogP contribution in [0.15, 0.2) is 54.0 Å². The number of hydrogen-bond donors (Lipinski definition) is 3. The molecule has 1 aliphatic rings. The number of piperidine rings is 1. The van der Waals surface area contributed by atoms with Crippen molar-refractivity contribution in [3.05, 3.63) is 59.6 Å². The van der Waals surface area contributed by atoms with Gasteiger partial charge in [-0.1, -0.05) is 12.1 Å². The number of benzene rings is 1. The predicted molar refractivity (Wildman–Crippen MR) is 119 cm³/mol. The highest BCUT2D eigenvalue weighted by Gasteiger charge is 2.18. The summed E-state index contributed by atoms with van der Waals surface area (Å²) < 4.78 is 0. The molecule has 0 saturated carbocycles. The maximum atomic E-state index is 4.65. The molecule has 0 atom stereocenters. The van der Waals surface area contributed by atoms with E-state index in [-0.39, 0.29) is 0 Å². The van der Waals surface area contributed by atoms with Crippen molar-refractivity contribution in [3.8, 4) is 22.0 Å². The maximum Gasteiger partial charge on any atom is 0.116 e. The summed E-state index contributed by atoms with van der Waals surface area (Å²) in [6.07, 6.45) is 4.26. The van der Waals surface area contributed by atoms with Crippen LogP contribution in [0.5, 0.6) is 0 Å². The molecule has 1 saturated heterocycles. The highest BCUT2D eigenvalue weighted by molar-refractivity contribution is 7.13. The van der Waals surface area contributed by atoms with E-state index in [0.29, 0.717) is 5.92 Å². The minimum Gasteiger partial charge on any atom is -0.353 e. The zero-order valence-corrected chi connectivity index (χ0v) is 16.7. The van der Waals surface area contributed by atoms with Crippen LogP contribution in [0.3, 0.4) is 0 Å². The predicted octanol–water partition coefficient (Wildman–Crippen LogP) is 5.30. The minimum atomic E-state index is 0.626. The fourth-order valence-electron chi connectivity index (χ4n) is 4.44. The number of hydrogen-bond acceptors (Lipinski definition) is 4. The summed E-state index contributed by atoms with van der Waals surface area (Å²) in [4.78, 5) is 9.38. The molecular formula is C23H21N5S. The lowest BCUT2D eigenvalue weighted by atomic mass is 9.89. The zero-order valence-electron chi connectivity index (χ0n) is 15.9. The smallest absolute Gasteiger partial charge is 0.116 e. The van der Waals surface area contributed by atoms with E-state index in [2.05, 4.69) is 67.3 Å². The van der Waals surface area contributed by atoms with Gasteiger partial charge in [0.1, 0.15) is 5.69 Å². The summed E-state index contributed by atoms with van der Waals surface area (Å²) in [5.41, 5.74) is 6.61. The van der Waals surface area contributed by atoms with Crippen LogP contribution in [0.25, 0.3) is 43.8 Å². The molecule has 1 aromatic carbocycles. The Labute approximate surface area is 172 Å². The summed E-state index contributed by atoms with van der Waals surface area (Å²) in [5, 5.41) is 15.7. The second-order valence-electron chi connectivity index (χ2n) is 7.68. The van der Waals surface area contributed by atoms with Gasteiger partial charge in [-0.25, -0.2) is 0 Å². The van der Waals surface area contributed by atoms with E-state index in [9.17, 15) is 0 Å². The van der Waals surface area contributed by atoms with Crippen LogP contribution in [0.1, 0.15) is 24.3 Å². The lowest BCUT2D eigenvalue weighted by Crippen LogP contribution is -2.26. The van der Waals surface area contributed by atoms with Crippen LogP contribution in [0.4, 0.5) is 0 Å². The number of rotatable bonds is 3. The first-order valence-corrected chi connectivity index (χ1v) is 11.0. The Morgan fingerprint density at radius 3 is 2.69 bits per heavy atom. The molecule has 0 bridgehead atoms. The molecule has 0 unspecified atom stereocenters. The van der Waals surface area contributed by atoms with Crippen LogP contribution >= 0.6 is 11.3 Å². The third-order valence-corrected chi connectivity index (χ3v) is 6.83. The number of nitrogens with zero attached hydrogens (tertiary/aromatic N) is 2. The second-order valence-corrected chi connectivity index (χ2v) is 8.63. The molecule has 0 radical (unpaired) electrons. The van der Waals surface area contributed by atoms with Gasteiger partial charge in [-0.05, 0) is 73.1 Å². The fourth-order valence-corrected chi connectivity index (χ4v) is 5.17. The van der Waals surface area contributed by atoms with Crippen molar-refractivity contribution in [2.75, 3.05) is 13.1 Å². The van der Waals surface area contributed by atoms with Crippen molar-refractivity contribution < 1.29 is 0 Å². The van der Waals surface area contributed by atoms with Gasteiger partial charge >= 0.3 is 0 Å². The van der Waals surface area contributed by atoms with E-state index in [0.717, 1.165) is 46.6 Å². The third-order valence-electron chi connectivity index (χ3n) is 5.96. The molecule has 5 aromatic rings. The highest BCUT2D eigenvalue weighted by Crippen LogP contribution is 2.35. The quantitative estimate of drug-likeness (QED) is 0.385. The fraction of sp³-hybridized carbons (Fsp3) is 0.217. The molecule has 3 N–H and O–H groups in total. The molecule has 144 valence electrons. The summed E-state index contributed by atoms with van der Waals surface area (Å²) in [6.45, 7) is 2.20. The largest absolute Gasteiger partial charge is 0.353 e. The molecule has 1 fully saturated rings. The van der Waals surface area contributed by atoms with Crippen LogP contribution in [0.2, 0.25) is 0 Å². The van der Waals surface area contributed by atoms with Gasteiger partial charge in [-0.2, -0.15) is 5.10 Å². The normalized spacial score (nSPS) is 15.4. The number of aromatic nitrogens is 4. The third kappa shape index (κ3) is 2.87. The van der Waals surface area contributed by atoms with Gasteiger partial charge in [0.25, 0.3) is 0 Å². The van der Waals surface area contributed by atoms with Gasteiger partial charge in [0.2, 0.25) is 0 Å². The van der Waals surface area contributed by atoms with Crippen molar-refractivity contribution in [2.24, 2.45) is 0 Å². The van der Waals surface area contributed by atoms with Gasteiger partial charge in [-0.3, -0.25) is 10.1 Å². The van der Waals surface area contributed by atoms with Crippen molar-refractivity contribution in [1.29, 1.82) is 0 Å². The number of nitrogens with one attached hydrogen (secondary N) is 3. The molecule has 0 amide bonds. The topological polar surface area (TPSA) is 69.4 Å². The van der Waals surface area contributed by atoms with E-state index >= 15 is 0 Å². The van der Waals surface area contributed by atoms with Gasteiger partial charge in [0.15, 0.2) is 0 Å². The van der Waals surface area contributed by atoms with Crippen molar-refractivity contribution in [3.63, 3.8) is 0 Å². The Kier molecular flexibility index (Phi) is 3.99. The van der Waals surface area contributed by atoms with Crippen LogP contribution in [-0.4, -0.2) is 33.3 Å². The highest BCUT2D eigenvalue weighted by atomic mass is 32.1. The first kappa shape index (κ1) is 16.9. The minimum absolute atomic E-state index is 0.626. The SMILES string of the molecule is c1csc(-c2nccc3[nH]c(-c4n[nH]c5ccc(C6CCNCC6)cc45)cc23)c1. The number of thiophene rings is 1. The van der Waals surface area contributed by atoms with Gasteiger partial charge < -0.3 is 10.3 Å². The summed E-state index contributed by atoms with van der Waals surface area (Å²) in [5.74, 6) is 0.626. The molecule has 1 aliphatic heterocycles. The zero-order chi connectivity index (χ0) is 19.2. The van der Waals surface area contributed by atoms with Crippen molar-refractivity contribution >= 4 is 33.1 Å². The second kappa shape index (κ2) is 6.83. The monoisotopic (exact) mass is 399 g/mol. The Hall–Kier alpha value is -2.96. The number of H-pyrrole nitrogens is 2. The van der Waals surface area contributed by atoms with Crippen LogP contribution in [-0.2, 0) is 0 Å². The Morgan fingerprint density at radius 1 is 0.931 bits per heavy atom. The Balaban J connectivity index is 1.48. The molecule has 5 nitrogen and oxygen atoms in total. The first-order chi connectivity index (χ1) is 14.4. The van der Waals surface area contributed by atoms with Gasteiger partial charge in [-0.15, -0.1) is 11.3 Å².